The number of hydrogen-bond acceptors (Lipinski definition) is 5. The predicted octanol–water partition coefficient (Wildman–Crippen LogP) is 2.18. The van der Waals surface area contributed by atoms with Crippen molar-refractivity contribution in [3.05, 3.63) is 48.4 Å². The van der Waals surface area contributed by atoms with Gasteiger partial charge in [-0.25, -0.2) is 4.68 Å². The number of carbonyl (C=O) groups is 1. The van der Waals surface area contributed by atoms with Gasteiger partial charge in [0.15, 0.2) is 34.5 Å². The Morgan fingerprint density at radius 1 is 1.35 bits per heavy atom. The second-order valence-corrected chi connectivity index (χ2v) is 5.21. The summed E-state index contributed by atoms with van der Waals surface area (Å²) in [5.41, 5.74) is 6.78. The molecule has 0 aliphatic rings. The molecule has 2 heterocycles. The van der Waals surface area contributed by atoms with Gasteiger partial charge in [-0.05, 0) is 12.1 Å². The van der Waals surface area contributed by atoms with E-state index in [1.165, 1.54) is 0 Å². The Labute approximate surface area is 145 Å². The highest BCUT2D eigenvalue weighted by atomic mass is 127. The van der Waals surface area contributed by atoms with Gasteiger partial charge in [-0.15, -0.1) is 0 Å². The van der Waals surface area contributed by atoms with E-state index in [0.717, 1.165) is 5.69 Å². The number of halogens is 1. The zero-order valence-electron chi connectivity index (χ0n) is 12.1. The number of primary amides is 1. The maximum atomic E-state index is 11.6. The summed E-state index contributed by atoms with van der Waals surface area (Å²) >= 11 is 1.80. The average molecular weight is 424 g/mol. The maximum absolute atomic E-state index is 11.6. The highest BCUT2D eigenvalue weighted by Gasteiger charge is 2.16. The van der Waals surface area contributed by atoms with E-state index < -0.39 is 5.91 Å². The Morgan fingerprint density at radius 3 is 2.83 bits per heavy atom. The summed E-state index contributed by atoms with van der Waals surface area (Å²) < 4.78 is 8.38. The van der Waals surface area contributed by atoms with Crippen LogP contribution in [-0.2, 0) is 7.05 Å². The fourth-order valence-corrected chi connectivity index (χ4v) is 2.35. The van der Waals surface area contributed by atoms with Gasteiger partial charge in [0.25, 0.3) is 5.91 Å². The monoisotopic (exact) mass is 424 g/mol. The number of anilines is 2. The van der Waals surface area contributed by atoms with Gasteiger partial charge in [0.2, 0.25) is 0 Å². The quantitative estimate of drug-likeness (QED) is 0.612. The Bertz CT molecular complexity index is 857. The van der Waals surface area contributed by atoms with Crippen LogP contribution in [0.15, 0.2) is 42.7 Å². The van der Waals surface area contributed by atoms with Crippen LogP contribution in [0.1, 0.15) is 10.5 Å². The van der Waals surface area contributed by atoms with E-state index >= 15 is 0 Å². The number of aromatic nitrogens is 4. The van der Waals surface area contributed by atoms with Crippen LogP contribution in [0.25, 0.3) is 5.69 Å². The van der Waals surface area contributed by atoms with Gasteiger partial charge in [0.05, 0.1) is 17.6 Å². The molecule has 0 spiro atoms. The summed E-state index contributed by atoms with van der Waals surface area (Å²) in [6, 6.07) is 9.09. The van der Waals surface area contributed by atoms with Crippen LogP contribution in [-0.4, -0.2) is 25.5 Å². The van der Waals surface area contributed by atoms with Gasteiger partial charge in [0, 0.05) is 25.4 Å². The molecule has 0 fully saturated rings. The molecule has 1 aromatic carbocycles. The molecule has 23 heavy (non-hydrogen) atoms. The smallest absolute Gasteiger partial charge is 0.271 e. The lowest BCUT2D eigenvalue weighted by molar-refractivity contribution is 0.0996. The number of amides is 1. The van der Waals surface area contributed by atoms with Crippen molar-refractivity contribution in [2.45, 2.75) is 0 Å². The molecule has 8 nitrogen and oxygen atoms in total. The fourth-order valence-electron chi connectivity index (χ4n) is 2.07. The van der Waals surface area contributed by atoms with Crippen molar-refractivity contribution in [1.29, 1.82) is 0 Å². The molecule has 1 amide bonds. The molecule has 9 heteroatoms. The molecule has 0 atom stereocenters. The molecule has 3 rings (SSSR count). The lowest BCUT2D eigenvalue weighted by atomic mass is 10.3. The van der Waals surface area contributed by atoms with E-state index in [9.17, 15) is 4.79 Å². The first kappa shape index (κ1) is 15.3. The van der Waals surface area contributed by atoms with Crippen molar-refractivity contribution in [2.75, 3.05) is 5.32 Å². The molecule has 0 unspecified atom stereocenters. The molecule has 3 aromatic rings. The van der Waals surface area contributed by atoms with Gasteiger partial charge < -0.3 is 14.1 Å². The van der Waals surface area contributed by atoms with Gasteiger partial charge in [-0.2, -0.15) is 10.2 Å². The number of nitrogens with one attached hydrogen (secondary N) is 1. The topological polar surface area (TPSA) is 100.0 Å². The van der Waals surface area contributed by atoms with Gasteiger partial charge in [-0.3, -0.25) is 9.48 Å². The Kier molecular flexibility index (Phi) is 4.19. The Morgan fingerprint density at radius 2 is 2.17 bits per heavy atom. The molecule has 0 saturated heterocycles. The normalized spacial score (nSPS) is 10.5. The van der Waals surface area contributed by atoms with Crippen molar-refractivity contribution < 1.29 is 7.86 Å². The van der Waals surface area contributed by atoms with Crippen LogP contribution in [0.4, 0.5) is 11.5 Å². The van der Waals surface area contributed by atoms with Gasteiger partial charge in [-0.1, -0.05) is 6.07 Å². The summed E-state index contributed by atoms with van der Waals surface area (Å²) in [5, 5.41) is 11.5. The minimum absolute atomic E-state index is 0.136. The maximum Gasteiger partial charge on any atom is 0.271 e. The number of rotatable bonds is 5. The summed E-state index contributed by atoms with van der Waals surface area (Å²) in [6.07, 6.45) is 3.47. The standard InChI is InChI=1S/C14H13IN6O2/c1-20-6-5-12(18-20)17-11-8-21(19-13(11)14(16)22)9-3-2-4-10(7-9)23-15/h2-8H,1H3,(H2,16,22)(H,17,18). The molecule has 118 valence electrons. The van der Waals surface area contributed by atoms with Crippen molar-refractivity contribution in [3.8, 4) is 11.4 Å². The van der Waals surface area contributed by atoms with Crippen molar-refractivity contribution in [2.24, 2.45) is 12.8 Å². The van der Waals surface area contributed by atoms with E-state index in [0.29, 0.717) is 17.3 Å². The van der Waals surface area contributed by atoms with Crippen LogP contribution in [0, 0.1) is 0 Å². The molecule has 0 radical (unpaired) electrons. The number of nitrogens with two attached hydrogens (primary N) is 1. The lowest BCUT2D eigenvalue weighted by Gasteiger charge is -2.02. The summed E-state index contributed by atoms with van der Waals surface area (Å²) in [7, 11) is 1.80. The first-order chi connectivity index (χ1) is 11.1. The van der Waals surface area contributed by atoms with Gasteiger partial charge >= 0.3 is 0 Å². The lowest BCUT2D eigenvalue weighted by Crippen LogP contribution is -2.14. The largest absolute Gasteiger partial charge is 0.428 e. The SMILES string of the molecule is Cn1ccc(Nc2cn(-c3cccc(OI)c3)nc2C(N)=O)n1. The molecule has 0 saturated carbocycles. The third-order valence-corrected chi connectivity index (χ3v) is 3.60. The molecule has 0 aliphatic heterocycles. The van der Waals surface area contributed by atoms with Crippen molar-refractivity contribution >= 4 is 40.4 Å². The molecule has 0 aliphatic carbocycles. The average Bonchev–Trinajstić information content (AvgIpc) is 3.14. The molecular weight excluding hydrogens is 411 g/mol. The molecule has 3 N–H and O–H groups in total. The minimum Gasteiger partial charge on any atom is -0.428 e. The van der Waals surface area contributed by atoms with Crippen molar-refractivity contribution in [1.82, 2.24) is 19.6 Å². The Hall–Kier alpha value is -2.56. The first-order valence-corrected chi connectivity index (χ1v) is 7.50. The third-order valence-electron chi connectivity index (χ3n) is 3.10. The fraction of sp³-hybridized carbons (Fsp3) is 0.0714. The van der Waals surface area contributed by atoms with Crippen LogP contribution in [0.5, 0.6) is 5.75 Å². The molecule has 2 aromatic heterocycles. The molecule has 0 bridgehead atoms. The number of hydrogen-bond donors (Lipinski definition) is 2. The van der Waals surface area contributed by atoms with E-state index in [1.54, 1.807) is 63.9 Å². The van der Waals surface area contributed by atoms with E-state index in [2.05, 4.69) is 15.5 Å². The zero-order valence-corrected chi connectivity index (χ0v) is 14.3. The second-order valence-electron chi connectivity index (χ2n) is 4.77. The highest BCUT2D eigenvalue weighted by Crippen LogP contribution is 2.23. The molecular formula is C14H13IN6O2. The first-order valence-electron chi connectivity index (χ1n) is 6.62. The third kappa shape index (κ3) is 3.28. The predicted molar refractivity (Wildman–Crippen MR) is 93.2 cm³/mol. The summed E-state index contributed by atoms with van der Waals surface area (Å²) in [4.78, 5) is 11.6. The van der Waals surface area contributed by atoms with Crippen LogP contribution < -0.4 is 14.1 Å². The number of benzene rings is 1. The van der Waals surface area contributed by atoms with Crippen LogP contribution in [0.2, 0.25) is 0 Å². The number of aryl methyl sites for hydroxylation is 1. The van der Waals surface area contributed by atoms with Crippen molar-refractivity contribution in [3.63, 3.8) is 0 Å². The van der Waals surface area contributed by atoms with Gasteiger partial charge in [0.1, 0.15) is 5.75 Å². The Balaban J connectivity index is 1.99. The number of carbonyl (C=O) groups excluding carboxylic acids is 1. The van der Waals surface area contributed by atoms with Crippen LogP contribution >= 0.6 is 23.0 Å². The van der Waals surface area contributed by atoms with E-state index in [4.69, 9.17) is 8.80 Å². The van der Waals surface area contributed by atoms with E-state index in [-0.39, 0.29) is 5.69 Å². The summed E-state index contributed by atoms with van der Waals surface area (Å²) in [6.45, 7) is 0. The minimum atomic E-state index is -0.622. The van der Waals surface area contributed by atoms with Crippen LogP contribution in [0.3, 0.4) is 0 Å². The highest BCUT2D eigenvalue weighted by molar-refractivity contribution is 14.1. The summed E-state index contributed by atoms with van der Waals surface area (Å²) in [5.74, 6) is 0.654. The zero-order chi connectivity index (χ0) is 16.4. The van der Waals surface area contributed by atoms with E-state index in [1.807, 2.05) is 18.2 Å². The number of nitrogens with zero attached hydrogens (tertiary/aromatic N) is 4. The second kappa shape index (κ2) is 6.28.